The summed E-state index contributed by atoms with van der Waals surface area (Å²) in [4.78, 5) is 34.3. The molecule has 10 heteroatoms. The van der Waals surface area contributed by atoms with Crippen molar-refractivity contribution in [3.8, 4) is 11.3 Å². The number of nitrogens with one attached hydrogen (secondary N) is 2. The van der Waals surface area contributed by atoms with E-state index >= 15 is 0 Å². The zero-order valence-electron chi connectivity index (χ0n) is 16.9. The Balaban J connectivity index is 1.82. The van der Waals surface area contributed by atoms with Gasteiger partial charge in [-0.3, -0.25) is 4.79 Å². The van der Waals surface area contributed by atoms with Gasteiger partial charge in [-0.15, -0.1) is 0 Å². The number of imidazole rings is 1. The third-order valence-corrected chi connectivity index (χ3v) is 5.89. The molecular weight excluding hydrogens is 459 g/mol. The van der Waals surface area contributed by atoms with Gasteiger partial charge in [0.2, 0.25) is 5.91 Å². The number of carbonyl (C=O) groups is 2. The Hall–Kier alpha value is -2.46. The van der Waals surface area contributed by atoms with E-state index in [0.717, 1.165) is 12.8 Å². The summed E-state index contributed by atoms with van der Waals surface area (Å²) in [5.41, 5.74) is 1.31. The van der Waals surface area contributed by atoms with Crippen molar-refractivity contribution < 1.29 is 23.5 Å². The molecule has 1 aromatic heterocycles. The number of alkyl carbamates (subject to hydrolysis) is 1. The number of nitrogens with zero attached hydrogens (tertiary/aromatic N) is 2. The second-order valence-corrected chi connectivity index (χ2v) is 7.91. The summed E-state index contributed by atoms with van der Waals surface area (Å²) in [5, 5.41) is 2.55. The Labute approximate surface area is 182 Å². The van der Waals surface area contributed by atoms with E-state index in [1.165, 1.54) is 20.3 Å². The number of carbonyl (C=O) groups excluding carboxylic acids is 2. The van der Waals surface area contributed by atoms with E-state index in [4.69, 9.17) is 4.74 Å². The molecule has 3 rings (SSSR count). The number of H-pyrrole nitrogens is 1. The van der Waals surface area contributed by atoms with Crippen molar-refractivity contribution >= 4 is 27.9 Å². The Morgan fingerprint density at radius 2 is 2.17 bits per heavy atom. The Bertz CT molecular complexity index is 922. The highest BCUT2D eigenvalue weighted by Gasteiger charge is 2.38. The van der Waals surface area contributed by atoms with Crippen LogP contribution in [0.5, 0.6) is 0 Å². The second-order valence-electron chi connectivity index (χ2n) is 7.06. The van der Waals surface area contributed by atoms with Crippen molar-refractivity contribution in [1.29, 1.82) is 0 Å². The van der Waals surface area contributed by atoms with Gasteiger partial charge in [0.1, 0.15) is 17.7 Å². The lowest BCUT2D eigenvalue weighted by Crippen LogP contribution is -2.54. The molecule has 8 nitrogen and oxygen atoms in total. The first-order valence-electron chi connectivity index (χ1n) is 9.53. The van der Waals surface area contributed by atoms with Crippen LogP contribution in [-0.4, -0.2) is 59.8 Å². The Kier molecular flexibility index (Phi) is 7.09. The number of ether oxygens (including phenoxy) is 2. The van der Waals surface area contributed by atoms with Crippen molar-refractivity contribution in [3.05, 3.63) is 40.5 Å². The number of likely N-dealkylation sites (tertiary alicyclic amines) is 1. The van der Waals surface area contributed by atoms with Gasteiger partial charge >= 0.3 is 6.09 Å². The molecule has 1 fully saturated rings. The van der Waals surface area contributed by atoms with Crippen molar-refractivity contribution in [2.45, 2.75) is 38.0 Å². The van der Waals surface area contributed by atoms with Crippen LogP contribution < -0.4 is 5.32 Å². The van der Waals surface area contributed by atoms with Gasteiger partial charge in [-0.1, -0.05) is 6.07 Å². The molecule has 0 saturated carbocycles. The van der Waals surface area contributed by atoms with Crippen molar-refractivity contribution in [1.82, 2.24) is 20.2 Å². The van der Waals surface area contributed by atoms with Gasteiger partial charge in [0.15, 0.2) is 0 Å². The molecule has 2 amide bonds. The SMILES string of the molecule is COC(=O)NC(C(=O)N1CCC[C@H]1c1ncc(-c2ccc(Br)c(F)c2)[nH]1)[C@@H](C)OC. The maximum absolute atomic E-state index is 13.9. The van der Waals surface area contributed by atoms with Gasteiger partial charge in [-0.05, 0) is 47.8 Å². The Morgan fingerprint density at radius 3 is 2.83 bits per heavy atom. The Morgan fingerprint density at radius 1 is 1.40 bits per heavy atom. The molecule has 162 valence electrons. The van der Waals surface area contributed by atoms with Crippen LogP contribution in [0.4, 0.5) is 9.18 Å². The van der Waals surface area contributed by atoms with Crippen LogP contribution in [0.1, 0.15) is 31.6 Å². The highest BCUT2D eigenvalue weighted by Crippen LogP contribution is 2.33. The van der Waals surface area contributed by atoms with E-state index in [2.05, 4.69) is 36.0 Å². The fourth-order valence-electron chi connectivity index (χ4n) is 3.51. The smallest absolute Gasteiger partial charge is 0.407 e. The van der Waals surface area contributed by atoms with Gasteiger partial charge in [0.25, 0.3) is 0 Å². The van der Waals surface area contributed by atoms with Crippen LogP contribution >= 0.6 is 15.9 Å². The summed E-state index contributed by atoms with van der Waals surface area (Å²) < 4.78 is 24.2. The van der Waals surface area contributed by atoms with Crippen LogP contribution in [0, 0.1) is 5.82 Å². The third kappa shape index (κ3) is 4.65. The summed E-state index contributed by atoms with van der Waals surface area (Å²) in [5.74, 6) is -0.0300. The van der Waals surface area contributed by atoms with E-state index in [0.29, 0.717) is 28.1 Å². The van der Waals surface area contributed by atoms with Gasteiger partial charge in [-0.2, -0.15) is 0 Å². The number of aromatic nitrogens is 2. The number of methoxy groups -OCH3 is 2. The number of hydrogen-bond acceptors (Lipinski definition) is 5. The first-order valence-corrected chi connectivity index (χ1v) is 10.3. The average Bonchev–Trinajstić information content (AvgIpc) is 3.42. The van der Waals surface area contributed by atoms with Crippen LogP contribution in [-0.2, 0) is 14.3 Å². The molecule has 0 bridgehead atoms. The maximum Gasteiger partial charge on any atom is 0.407 e. The molecule has 0 spiro atoms. The minimum Gasteiger partial charge on any atom is -0.453 e. The number of hydrogen-bond donors (Lipinski definition) is 2. The quantitative estimate of drug-likeness (QED) is 0.657. The highest BCUT2D eigenvalue weighted by atomic mass is 79.9. The number of amides is 2. The first kappa shape index (κ1) is 22.2. The maximum atomic E-state index is 13.9. The molecule has 0 aliphatic carbocycles. The highest BCUT2D eigenvalue weighted by molar-refractivity contribution is 9.10. The fourth-order valence-corrected chi connectivity index (χ4v) is 3.76. The van der Waals surface area contributed by atoms with Crippen LogP contribution in [0.3, 0.4) is 0 Å². The van der Waals surface area contributed by atoms with Crippen LogP contribution in [0.15, 0.2) is 28.9 Å². The number of aromatic amines is 1. The summed E-state index contributed by atoms with van der Waals surface area (Å²) in [6.45, 7) is 2.24. The summed E-state index contributed by atoms with van der Waals surface area (Å²) >= 11 is 3.14. The summed E-state index contributed by atoms with van der Waals surface area (Å²) in [6.07, 6.45) is 1.90. The molecule has 1 aromatic carbocycles. The van der Waals surface area contributed by atoms with E-state index < -0.39 is 18.2 Å². The lowest BCUT2D eigenvalue weighted by molar-refractivity contribution is -0.137. The minimum absolute atomic E-state index is 0.273. The monoisotopic (exact) mass is 482 g/mol. The lowest BCUT2D eigenvalue weighted by Gasteiger charge is -2.30. The summed E-state index contributed by atoms with van der Waals surface area (Å²) in [6, 6.07) is 3.65. The molecular formula is C20H24BrFN4O4. The standard InChI is InChI=1S/C20H24BrFN4O4/c1-11(29-2)17(25-20(28)30-3)19(27)26-8-4-5-16(26)18-23-10-15(24-18)12-6-7-13(21)14(22)9-12/h6-7,9-11,16-17H,4-5,8H2,1-3H3,(H,23,24)(H,25,28)/t11-,16+,17?/m1/s1. The van der Waals surface area contributed by atoms with Crippen LogP contribution in [0.25, 0.3) is 11.3 Å². The topological polar surface area (TPSA) is 96.5 Å². The second kappa shape index (κ2) is 9.57. The molecule has 2 N–H and O–H groups in total. The van der Waals surface area contributed by atoms with Gasteiger partial charge < -0.3 is 24.7 Å². The number of rotatable bonds is 6. The molecule has 2 aromatic rings. The van der Waals surface area contributed by atoms with Gasteiger partial charge in [-0.25, -0.2) is 14.2 Å². The third-order valence-electron chi connectivity index (χ3n) is 5.24. The van der Waals surface area contributed by atoms with Crippen molar-refractivity contribution in [2.75, 3.05) is 20.8 Å². The minimum atomic E-state index is -0.891. The van der Waals surface area contributed by atoms with E-state index in [9.17, 15) is 14.0 Å². The molecule has 30 heavy (non-hydrogen) atoms. The number of benzene rings is 1. The average molecular weight is 483 g/mol. The molecule has 1 saturated heterocycles. The lowest BCUT2D eigenvalue weighted by atomic mass is 10.1. The van der Waals surface area contributed by atoms with E-state index in [1.54, 1.807) is 30.2 Å². The zero-order chi connectivity index (χ0) is 21.8. The molecule has 0 radical (unpaired) electrons. The molecule has 2 heterocycles. The number of halogens is 2. The largest absolute Gasteiger partial charge is 0.453 e. The predicted molar refractivity (Wildman–Crippen MR) is 111 cm³/mol. The molecule has 1 aliphatic rings. The van der Waals surface area contributed by atoms with Crippen LogP contribution in [0.2, 0.25) is 0 Å². The normalized spacial score (nSPS) is 18.2. The fraction of sp³-hybridized carbons (Fsp3) is 0.450. The summed E-state index contributed by atoms with van der Waals surface area (Å²) in [7, 11) is 2.71. The molecule has 1 unspecified atom stereocenters. The van der Waals surface area contributed by atoms with Crippen molar-refractivity contribution in [2.24, 2.45) is 0 Å². The van der Waals surface area contributed by atoms with Gasteiger partial charge in [0.05, 0.1) is 35.6 Å². The predicted octanol–water partition coefficient (Wildman–Crippen LogP) is 3.40. The first-order chi connectivity index (χ1) is 14.3. The van der Waals surface area contributed by atoms with Gasteiger partial charge in [0, 0.05) is 19.2 Å². The molecule has 3 atom stereocenters. The zero-order valence-corrected chi connectivity index (χ0v) is 18.5. The van der Waals surface area contributed by atoms with E-state index in [-0.39, 0.29) is 17.8 Å². The van der Waals surface area contributed by atoms with E-state index in [1.807, 2.05) is 0 Å². The molecule has 1 aliphatic heterocycles. The van der Waals surface area contributed by atoms with Crippen molar-refractivity contribution in [3.63, 3.8) is 0 Å².